The van der Waals surface area contributed by atoms with Crippen LogP contribution in [0, 0.1) is 0 Å². The number of hydrogen-bond acceptors (Lipinski definition) is 5. The highest BCUT2D eigenvalue weighted by Gasteiger charge is 2.21. The quantitative estimate of drug-likeness (QED) is 0.736. The fourth-order valence-corrected chi connectivity index (χ4v) is 1.41. The molecule has 0 amide bonds. The first kappa shape index (κ1) is 8.65. The molecule has 5 nitrogen and oxygen atoms in total. The van der Waals surface area contributed by atoms with Gasteiger partial charge in [-0.25, -0.2) is 0 Å². The molecule has 1 saturated heterocycles. The van der Waals surface area contributed by atoms with Gasteiger partial charge in [-0.15, -0.1) is 0 Å². The van der Waals surface area contributed by atoms with Crippen LogP contribution >= 0.6 is 0 Å². The predicted molar refractivity (Wildman–Crippen MR) is 42.8 cm³/mol. The zero-order valence-electron chi connectivity index (χ0n) is 7.27. The topological polar surface area (TPSA) is 68.4 Å². The Labute approximate surface area is 75.7 Å². The molecule has 1 aliphatic heterocycles. The van der Waals surface area contributed by atoms with Crippen LogP contribution in [0.15, 0.2) is 4.52 Å². The van der Waals surface area contributed by atoms with Gasteiger partial charge in [0, 0.05) is 6.61 Å². The highest BCUT2D eigenvalue weighted by atomic mass is 16.5. The molecule has 0 spiro atoms. The van der Waals surface area contributed by atoms with Crippen molar-refractivity contribution in [3.8, 4) is 0 Å². The molecular weight excluding hydrogens is 172 g/mol. The van der Waals surface area contributed by atoms with E-state index in [1.165, 1.54) is 0 Å². The number of ether oxygens (including phenoxy) is 1. The molecule has 0 saturated carbocycles. The zero-order chi connectivity index (χ0) is 9.10. The summed E-state index contributed by atoms with van der Waals surface area (Å²) in [7, 11) is 0. The first-order valence-electron chi connectivity index (χ1n) is 4.45. The van der Waals surface area contributed by atoms with E-state index >= 15 is 0 Å². The van der Waals surface area contributed by atoms with E-state index in [0.717, 1.165) is 25.9 Å². The molecule has 0 aliphatic carbocycles. The van der Waals surface area contributed by atoms with Crippen molar-refractivity contribution in [2.45, 2.75) is 32.0 Å². The Hall–Kier alpha value is -0.940. The maximum Gasteiger partial charge on any atom is 0.252 e. The average molecular weight is 184 g/mol. The minimum absolute atomic E-state index is 0.0437. The van der Waals surface area contributed by atoms with E-state index in [0.29, 0.717) is 5.82 Å². The van der Waals surface area contributed by atoms with E-state index in [1.54, 1.807) is 0 Å². The van der Waals surface area contributed by atoms with Gasteiger partial charge in [-0.3, -0.25) is 0 Å². The summed E-state index contributed by atoms with van der Waals surface area (Å²) in [4.78, 5) is 4.00. The minimum atomic E-state index is -0.209. The molecule has 0 bridgehead atoms. The third-order valence-corrected chi connectivity index (χ3v) is 2.09. The summed E-state index contributed by atoms with van der Waals surface area (Å²) in [6.07, 6.45) is 3.12. The maximum absolute atomic E-state index is 8.71. The van der Waals surface area contributed by atoms with E-state index in [1.807, 2.05) is 0 Å². The van der Waals surface area contributed by atoms with Gasteiger partial charge in [-0.2, -0.15) is 4.98 Å². The van der Waals surface area contributed by atoms with Crippen LogP contribution in [0.2, 0.25) is 0 Å². The van der Waals surface area contributed by atoms with Gasteiger partial charge in [0.25, 0.3) is 5.89 Å². The SMILES string of the molecule is OCc1nc(C2CCCCO2)no1. The van der Waals surface area contributed by atoms with E-state index in [-0.39, 0.29) is 18.6 Å². The number of aliphatic hydroxyl groups excluding tert-OH is 1. The Kier molecular flexibility index (Phi) is 2.56. The van der Waals surface area contributed by atoms with Gasteiger partial charge in [0.2, 0.25) is 5.82 Å². The van der Waals surface area contributed by atoms with Crippen molar-refractivity contribution in [3.63, 3.8) is 0 Å². The van der Waals surface area contributed by atoms with Gasteiger partial charge >= 0.3 is 0 Å². The third kappa shape index (κ3) is 1.87. The first-order valence-corrected chi connectivity index (χ1v) is 4.45. The summed E-state index contributed by atoms with van der Waals surface area (Å²) < 4.78 is 10.2. The lowest BCUT2D eigenvalue weighted by Gasteiger charge is -2.18. The lowest BCUT2D eigenvalue weighted by Crippen LogP contribution is -2.12. The van der Waals surface area contributed by atoms with Crippen LogP contribution in [-0.4, -0.2) is 21.9 Å². The number of aromatic nitrogens is 2. The number of aliphatic hydroxyl groups is 1. The second kappa shape index (κ2) is 3.85. The molecule has 1 N–H and O–H groups in total. The van der Waals surface area contributed by atoms with Gasteiger partial charge in [-0.1, -0.05) is 5.16 Å². The summed E-state index contributed by atoms with van der Waals surface area (Å²) in [5, 5.41) is 12.5. The molecule has 2 heterocycles. The second-order valence-corrected chi connectivity index (χ2v) is 3.06. The molecule has 0 radical (unpaired) electrons. The molecule has 5 heteroatoms. The Bertz CT molecular complexity index is 268. The average Bonchev–Trinajstić information content (AvgIpc) is 2.67. The van der Waals surface area contributed by atoms with Crippen molar-refractivity contribution in [1.82, 2.24) is 10.1 Å². The van der Waals surface area contributed by atoms with Gasteiger partial charge in [-0.05, 0) is 19.3 Å². The van der Waals surface area contributed by atoms with Crippen LogP contribution in [-0.2, 0) is 11.3 Å². The van der Waals surface area contributed by atoms with Crippen LogP contribution in [0.1, 0.15) is 37.1 Å². The second-order valence-electron chi connectivity index (χ2n) is 3.06. The summed E-state index contributed by atoms with van der Waals surface area (Å²) in [6.45, 7) is 0.549. The zero-order valence-corrected chi connectivity index (χ0v) is 7.27. The summed E-state index contributed by atoms with van der Waals surface area (Å²) >= 11 is 0. The molecule has 1 aliphatic rings. The minimum Gasteiger partial charge on any atom is -0.387 e. The molecule has 0 aromatic carbocycles. The van der Waals surface area contributed by atoms with Crippen molar-refractivity contribution in [2.75, 3.05) is 6.61 Å². The third-order valence-electron chi connectivity index (χ3n) is 2.09. The molecule has 1 fully saturated rings. The number of hydrogen-bond donors (Lipinski definition) is 1. The van der Waals surface area contributed by atoms with Crippen LogP contribution in [0.5, 0.6) is 0 Å². The summed E-state index contributed by atoms with van der Waals surface area (Å²) in [5.41, 5.74) is 0. The highest BCUT2D eigenvalue weighted by molar-refractivity contribution is 4.91. The van der Waals surface area contributed by atoms with E-state index in [2.05, 4.69) is 10.1 Å². The number of rotatable bonds is 2. The first-order chi connectivity index (χ1) is 6.40. The van der Waals surface area contributed by atoms with Crippen molar-refractivity contribution in [3.05, 3.63) is 11.7 Å². The molecule has 1 atom stereocenters. The van der Waals surface area contributed by atoms with Gasteiger partial charge in [0.05, 0.1) is 0 Å². The highest BCUT2D eigenvalue weighted by Crippen LogP contribution is 2.25. The Balaban J connectivity index is 2.05. The van der Waals surface area contributed by atoms with Gasteiger partial charge < -0.3 is 14.4 Å². The Morgan fingerprint density at radius 3 is 3.00 bits per heavy atom. The molecule has 72 valence electrons. The van der Waals surface area contributed by atoms with Crippen molar-refractivity contribution in [1.29, 1.82) is 0 Å². The monoisotopic (exact) mass is 184 g/mol. The van der Waals surface area contributed by atoms with Gasteiger partial charge in [0.1, 0.15) is 12.7 Å². The van der Waals surface area contributed by atoms with E-state index in [9.17, 15) is 0 Å². The lowest BCUT2D eigenvalue weighted by molar-refractivity contribution is 0.00821. The largest absolute Gasteiger partial charge is 0.387 e. The standard InChI is InChI=1S/C8H12N2O3/c11-5-7-9-8(10-13-7)6-3-1-2-4-12-6/h6,11H,1-5H2. The normalized spacial score (nSPS) is 23.3. The fourth-order valence-electron chi connectivity index (χ4n) is 1.41. The van der Waals surface area contributed by atoms with Crippen LogP contribution < -0.4 is 0 Å². The molecule has 2 rings (SSSR count). The Morgan fingerprint density at radius 1 is 1.46 bits per heavy atom. The van der Waals surface area contributed by atoms with Crippen LogP contribution in [0.4, 0.5) is 0 Å². The van der Waals surface area contributed by atoms with Gasteiger partial charge in [0.15, 0.2) is 0 Å². The fraction of sp³-hybridized carbons (Fsp3) is 0.750. The smallest absolute Gasteiger partial charge is 0.252 e. The molecule has 1 aromatic rings. The molecule has 13 heavy (non-hydrogen) atoms. The lowest BCUT2D eigenvalue weighted by atomic mass is 10.1. The van der Waals surface area contributed by atoms with E-state index < -0.39 is 0 Å². The molecule has 1 aromatic heterocycles. The van der Waals surface area contributed by atoms with E-state index in [4.69, 9.17) is 14.4 Å². The van der Waals surface area contributed by atoms with Crippen molar-refractivity contribution in [2.24, 2.45) is 0 Å². The van der Waals surface area contributed by atoms with Crippen LogP contribution in [0.25, 0.3) is 0 Å². The molecular formula is C8H12N2O3. The maximum atomic E-state index is 8.71. The predicted octanol–water partition coefficient (Wildman–Crippen LogP) is 0.804. The summed E-state index contributed by atoms with van der Waals surface area (Å²) in [5.74, 6) is 0.813. The van der Waals surface area contributed by atoms with Crippen molar-refractivity contribution < 1.29 is 14.4 Å². The number of nitrogens with zero attached hydrogens (tertiary/aromatic N) is 2. The van der Waals surface area contributed by atoms with Crippen LogP contribution in [0.3, 0.4) is 0 Å². The molecule has 1 unspecified atom stereocenters. The van der Waals surface area contributed by atoms with Crippen molar-refractivity contribution >= 4 is 0 Å². The summed E-state index contributed by atoms with van der Waals surface area (Å²) in [6, 6.07) is 0. The Morgan fingerprint density at radius 2 is 2.38 bits per heavy atom.